The Labute approximate surface area is 141 Å². The molecule has 1 amide bonds. The molecule has 1 aliphatic rings. The molecule has 1 aromatic heterocycles. The number of carbonyl (C=O) groups excluding carboxylic acids is 2. The van der Waals surface area contributed by atoms with Crippen molar-refractivity contribution in [2.75, 3.05) is 11.4 Å². The Balaban J connectivity index is 1.60. The molecular weight excluding hydrogens is 304 g/mol. The molecule has 1 atom stereocenters. The second kappa shape index (κ2) is 7.25. The molecule has 0 aliphatic carbocycles. The van der Waals surface area contributed by atoms with Gasteiger partial charge in [0.2, 0.25) is 5.91 Å². The maximum Gasteiger partial charge on any atom is 0.311 e. The number of aromatic nitrogens is 1. The van der Waals surface area contributed by atoms with Gasteiger partial charge in [-0.3, -0.25) is 14.6 Å². The van der Waals surface area contributed by atoms with Crippen LogP contribution in [0.25, 0.3) is 0 Å². The predicted molar refractivity (Wildman–Crippen MR) is 90.3 cm³/mol. The molecule has 1 aliphatic heterocycles. The van der Waals surface area contributed by atoms with Crippen LogP contribution in [-0.4, -0.2) is 23.4 Å². The van der Waals surface area contributed by atoms with Crippen molar-refractivity contribution >= 4 is 17.6 Å². The minimum Gasteiger partial charge on any atom is -0.459 e. The highest BCUT2D eigenvalue weighted by Gasteiger charge is 2.36. The van der Waals surface area contributed by atoms with Crippen molar-refractivity contribution in [3.8, 4) is 0 Å². The maximum atomic E-state index is 12.2. The molecule has 0 unspecified atom stereocenters. The van der Waals surface area contributed by atoms with Gasteiger partial charge >= 0.3 is 5.97 Å². The van der Waals surface area contributed by atoms with Crippen molar-refractivity contribution in [1.82, 2.24) is 4.98 Å². The van der Waals surface area contributed by atoms with Crippen LogP contribution in [0.5, 0.6) is 0 Å². The molecule has 0 radical (unpaired) electrons. The number of carbonyl (C=O) groups is 2. The number of aryl methyl sites for hydroxylation is 1. The summed E-state index contributed by atoms with van der Waals surface area (Å²) in [7, 11) is 0. The summed E-state index contributed by atoms with van der Waals surface area (Å²) in [4.78, 5) is 30.2. The van der Waals surface area contributed by atoms with E-state index in [-0.39, 0.29) is 24.9 Å². The Hall–Kier alpha value is -2.69. The number of ether oxygens (including phenoxy) is 1. The van der Waals surface area contributed by atoms with E-state index in [1.54, 1.807) is 17.2 Å². The second-order valence-corrected chi connectivity index (χ2v) is 5.85. The van der Waals surface area contributed by atoms with Gasteiger partial charge < -0.3 is 9.64 Å². The number of anilines is 1. The van der Waals surface area contributed by atoms with Crippen LogP contribution >= 0.6 is 0 Å². The minimum absolute atomic E-state index is 0.0426. The molecule has 5 nitrogen and oxygen atoms in total. The number of esters is 1. The number of benzene rings is 1. The van der Waals surface area contributed by atoms with Crippen LogP contribution in [0.3, 0.4) is 0 Å². The molecule has 124 valence electrons. The van der Waals surface area contributed by atoms with Crippen LogP contribution in [0, 0.1) is 5.92 Å². The summed E-state index contributed by atoms with van der Waals surface area (Å²) >= 11 is 0. The highest BCUT2D eigenvalue weighted by atomic mass is 16.5. The Kier molecular flexibility index (Phi) is 4.89. The summed E-state index contributed by atoms with van der Waals surface area (Å²) in [5, 5.41) is 0. The van der Waals surface area contributed by atoms with Crippen LogP contribution in [0.2, 0.25) is 0 Å². The van der Waals surface area contributed by atoms with Crippen molar-refractivity contribution in [2.24, 2.45) is 5.92 Å². The fourth-order valence-corrected chi connectivity index (χ4v) is 2.77. The SMILES string of the molecule is CCc1ccc(N2C[C@@H](C(=O)OCc3ccccn3)CC2=O)cc1. The first-order valence-corrected chi connectivity index (χ1v) is 8.13. The molecule has 1 fully saturated rings. The lowest BCUT2D eigenvalue weighted by Gasteiger charge is -2.17. The van der Waals surface area contributed by atoms with Crippen LogP contribution in [0.1, 0.15) is 24.6 Å². The second-order valence-electron chi connectivity index (χ2n) is 5.85. The molecule has 3 rings (SSSR count). The van der Waals surface area contributed by atoms with Crippen molar-refractivity contribution in [3.63, 3.8) is 0 Å². The zero-order valence-electron chi connectivity index (χ0n) is 13.6. The van der Waals surface area contributed by atoms with Gasteiger partial charge in [-0.25, -0.2) is 0 Å². The Morgan fingerprint density at radius 1 is 1.25 bits per heavy atom. The zero-order valence-corrected chi connectivity index (χ0v) is 13.6. The third-order valence-corrected chi connectivity index (χ3v) is 4.20. The van der Waals surface area contributed by atoms with Crippen LogP contribution in [0.4, 0.5) is 5.69 Å². The van der Waals surface area contributed by atoms with E-state index in [0.29, 0.717) is 12.2 Å². The lowest BCUT2D eigenvalue weighted by molar-refractivity contribution is -0.149. The molecule has 2 heterocycles. The van der Waals surface area contributed by atoms with Gasteiger partial charge in [0.05, 0.1) is 11.6 Å². The van der Waals surface area contributed by atoms with E-state index in [0.717, 1.165) is 12.1 Å². The third kappa shape index (κ3) is 3.62. The van der Waals surface area contributed by atoms with Crippen LogP contribution < -0.4 is 4.90 Å². The first-order valence-electron chi connectivity index (χ1n) is 8.13. The highest BCUT2D eigenvalue weighted by Crippen LogP contribution is 2.26. The lowest BCUT2D eigenvalue weighted by Crippen LogP contribution is -2.26. The van der Waals surface area contributed by atoms with Crippen LogP contribution in [-0.2, 0) is 27.4 Å². The Bertz CT molecular complexity index is 713. The first kappa shape index (κ1) is 16.2. The average Bonchev–Trinajstić information content (AvgIpc) is 3.02. The van der Waals surface area contributed by atoms with E-state index >= 15 is 0 Å². The van der Waals surface area contributed by atoms with E-state index in [9.17, 15) is 9.59 Å². The summed E-state index contributed by atoms with van der Waals surface area (Å²) in [6.45, 7) is 2.59. The van der Waals surface area contributed by atoms with Gasteiger partial charge in [-0.2, -0.15) is 0 Å². The zero-order chi connectivity index (χ0) is 16.9. The van der Waals surface area contributed by atoms with Crippen molar-refractivity contribution in [3.05, 3.63) is 59.9 Å². The molecule has 0 spiro atoms. The van der Waals surface area contributed by atoms with Crippen LogP contribution in [0.15, 0.2) is 48.7 Å². The van der Waals surface area contributed by atoms with E-state index in [2.05, 4.69) is 11.9 Å². The monoisotopic (exact) mass is 324 g/mol. The molecule has 24 heavy (non-hydrogen) atoms. The first-order chi connectivity index (χ1) is 11.7. The highest BCUT2D eigenvalue weighted by molar-refractivity contribution is 5.99. The number of nitrogens with zero attached hydrogens (tertiary/aromatic N) is 2. The molecular formula is C19H20N2O3. The van der Waals surface area contributed by atoms with Gasteiger partial charge in [-0.1, -0.05) is 25.1 Å². The third-order valence-electron chi connectivity index (χ3n) is 4.20. The summed E-state index contributed by atoms with van der Waals surface area (Å²) in [5.74, 6) is -0.812. The fraction of sp³-hybridized carbons (Fsp3) is 0.316. The van der Waals surface area contributed by atoms with Gasteiger partial charge in [0.25, 0.3) is 0 Å². The molecule has 2 aromatic rings. The smallest absolute Gasteiger partial charge is 0.311 e. The van der Waals surface area contributed by atoms with E-state index in [4.69, 9.17) is 4.74 Å². The summed E-state index contributed by atoms with van der Waals surface area (Å²) in [6, 6.07) is 13.3. The number of amides is 1. The molecule has 1 saturated heterocycles. The Morgan fingerprint density at radius 3 is 2.71 bits per heavy atom. The van der Waals surface area contributed by atoms with Gasteiger partial charge in [-0.05, 0) is 36.2 Å². The number of hydrogen-bond donors (Lipinski definition) is 0. The lowest BCUT2D eigenvalue weighted by atomic mass is 10.1. The summed E-state index contributed by atoms with van der Waals surface area (Å²) in [6.07, 6.45) is 2.80. The molecule has 0 N–H and O–H groups in total. The fourth-order valence-electron chi connectivity index (χ4n) is 2.77. The minimum atomic E-state index is -0.424. The van der Waals surface area contributed by atoms with E-state index < -0.39 is 5.92 Å². The number of rotatable bonds is 5. The van der Waals surface area contributed by atoms with Gasteiger partial charge in [0.15, 0.2) is 0 Å². The molecule has 1 aromatic carbocycles. The van der Waals surface area contributed by atoms with Crippen molar-refractivity contribution in [2.45, 2.75) is 26.4 Å². The molecule has 0 saturated carbocycles. The van der Waals surface area contributed by atoms with Gasteiger partial charge in [0.1, 0.15) is 6.61 Å². The normalized spacial score (nSPS) is 17.1. The van der Waals surface area contributed by atoms with Gasteiger partial charge in [-0.15, -0.1) is 0 Å². The molecule has 0 bridgehead atoms. The van der Waals surface area contributed by atoms with Crippen molar-refractivity contribution in [1.29, 1.82) is 0 Å². The number of hydrogen-bond acceptors (Lipinski definition) is 4. The maximum absolute atomic E-state index is 12.2. The standard InChI is InChI=1S/C19H20N2O3/c1-2-14-6-8-17(9-7-14)21-12-15(11-18(21)22)19(23)24-13-16-5-3-4-10-20-16/h3-10,15H,2,11-13H2,1H3/t15-/m0/s1. The quantitative estimate of drug-likeness (QED) is 0.794. The number of pyridine rings is 1. The van der Waals surface area contributed by atoms with Gasteiger partial charge in [0, 0.05) is 24.8 Å². The van der Waals surface area contributed by atoms with Crippen molar-refractivity contribution < 1.29 is 14.3 Å². The van der Waals surface area contributed by atoms with E-state index in [1.165, 1.54) is 5.56 Å². The summed E-state index contributed by atoms with van der Waals surface area (Å²) < 4.78 is 5.30. The average molecular weight is 324 g/mol. The topological polar surface area (TPSA) is 59.5 Å². The summed E-state index contributed by atoms with van der Waals surface area (Å²) in [5.41, 5.74) is 2.75. The largest absolute Gasteiger partial charge is 0.459 e. The molecule has 5 heteroatoms. The predicted octanol–water partition coefficient (Wildman–Crippen LogP) is 2.74. The van der Waals surface area contributed by atoms with E-state index in [1.807, 2.05) is 36.4 Å². The Morgan fingerprint density at radius 2 is 2.04 bits per heavy atom.